The molecular weight excluding hydrogens is 214 g/mol. The molecule has 0 saturated carbocycles. The van der Waals surface area contributed by atoms with Crippen molar-refractivity contribution >= 4 is 11.8 Å². The predicted octanol–water partition coefficient (Wildman–Crippen LogP) is 4.47. The lowest BCUT2D eigenvalue weighted by Crippen LogP contribution is -2.38. The van der Waals surface area contributed by atoms with Crippen LogP contribution in [-0.2, 0) is 0 Å². The van der Waals surface area contributed by atoms with E-state index >= 15 is 0 Å². The topological polar surface area (TPSA) is 12.0 Å². The van der Waals surface area contributed by atoms with Gasteiger partial charge in [0.1, 0.15) is 0 Å². The van der Waals surface area contributed by atoms with Crippen LogP contribution in [0.25, 0.3) is 0 Å². The molecular formula is C14H31NS. The Labute approximate surface area is 107 Å². The number of nitrogens with one attached hydrogen (secondary N) is 1. The molecule has 0 bridgehead atoms. The minimum atomic E-state index is 0.733. The van der Waals surface area contributed by atoms with Gasteiger partial charge >= 0.3 is 0 Å². The Balaban J connectivity index is 3.99. The second-order valence-corrected chi connectivity index (χ2v) is 5.87. The van der Waals surface area contributed by atoms with E-state index in [2.05, 4.69) is 44.8 Å². The van der Waals surface area contributed by atoms with Gasteiger partial charge in [-0.05, 0) is 38.0 Å². The van der Waals surface area contributed by atoms with E-state index in [0.717, 1.165) is 11.3 Å². The molecule has 0 aliphatic rings. The Kier molecular flexibility index (Phi) is 12.0. The molecule has 0 fully saturated rings. The number of thioether (sulfide) groups is 1. The van der Waals surface area contributed by atoms with Gasteiger partial charge in [0.25, 0.3) is 0 Å². The quantitative estimate of drug-likeness (QED) is 0.539. The highest BCUT2D eigenvalue weighted by Gasteiger charge is 2.18. The van der Waals surface area contributed by atoms with E-state index in [1.165, 1.54) is 50.8 Å². The number of unbranched alkanes of at least 4 members (excludes halogenated alkanes) is 1. The zero-order valence-corrected chi connectivity index (χ0v) is 12.5. The second-order valence-electron chi connectivity index (χ2n) is 4.52. The van der Waals surface area contributed by atoms with Gasteiger partial charge < -0.3 is 5.32 Å². The lowest BCUT2D eigenvalue weighted by atomic mass is 10.1. The van der Waals surface area contributed by atoms with E-state index < -0.39 is 0 Å². The second kappa shape index (κ2) is 11.8. The number of hydrogen-bond acceptors (Lipinski definition) is 2. The Morgan fingerprint density at radius 3 is 2.25 bits per heavy atom. The van der Waals surface area contributed by atoms with Gasteiger partial charge in [-0.3, -0.25) is 0 Å². The summed E-state index contributed by atoms with van der Waals surface area (Å²) in [5.74, 6) is 1.34. The van der Waals surface area contributed by atoms with Crippen LogP contribution in [0.15, 0.2) is 0 Å². The van der Waals surface area contributed by atoms with Crippen molar-refractivity contribution in [3.8, 4) is 0 Å². The predicted molar refractivity (Wildman–Crippen MR) is 78.4 cm³/mol. The minimum absolute atomic E-state index is 0.733. The molecule has 16 heavy (non-hydrogen) atoms. The first-order valence-electron chi connectivity index (χ1n) is 7.14. The molecule has 0 aliphatic carbocycles. The first-order valence-corrected chi connectivity index (χ1v) is 8.19. The molecule has 1 N–H and O–H groups in total. The van der Waals surface area contributed by atoms with Crippen molar-refractivity contribution in [1.82, 2.24) is 5.32 Å². The lowest BCUT2D eigenvalue weighted by Gasteiger charge is -2.26. The van der Waals surface area contributed by atoms with Crippen molar-refractivity contribution in [2.75, 3.05) is 12.3 Å². The summed E-state index contributed by atoms with van der Waals surface area (Å²) in [5.41, 5.74) is 0. The summed E-state index contributed by atoms with van der Waals surface area (Å²) in [6.45, 7) is 10.3. The van der Waals surface area contributed by atoms with Gasteiger partial charge in [0.15, 0.2) is 0 Å². The summed E-state index contributed by atoms with van der Waals surface area (Å²) >= 11 is 2.18. The molecule has 0 heterocycles. The van der Waals surface area contributed by atoms with Crippen molar-refractivity contribution in [2.24, 2.45) is 0 Å². The van der Waals surface area contributed by atoms with Crippen LogP contribution in [0.1, 0.15) is 66.2 Å². The minimum Gasteiger partial charge on any atom is -0.313 e. The maximum atomic E-state index is 3.73. The number of rotatable bonds is 11. The zero-order chi connectivity index (χ0) is 12.2. The van der Waals surface area contributed by atoms with Crippen LogP contribution in [0.5, 0.6) is 0 Å². The van der Waals surface area contributed by atoms with Crippen molar-refractivity contribution in [2.45, 2.75) is 77.5 Å². The van der Waals surface area contributed by atoms with Crippen molar-refractivity contribution in [3.63, 3.8) is 0 Å². The van der Waals surface area contributed by atoms with Crippen LogP contribution >= 0.6 is 11.8 Å². The van der Waals surface area contributed by atoms with E-state index in [4.69, 9.17) is 0 Å². The van der Waals surface area contributed by atoms with E-state index in [-0.39, 0.29) is 0 Å². The zero-order valence-electron chi connectivity index (χ0n) is 11.7. The fourth-order valence-electron chi connectivity index (χ4n) is 1.96. The molecule has 0 spiro atoms. The third-order valence-electron chi connectivity index (χ3n) is 2.94. The maximum Gasteiger partial charge on any atom is 0.0198 e. The van der Waals surface area contributed by atoms with Crippen molar-refractivity contribution < 1.29 is 0 Å². The van der Waals surface area contributed by atoms with Crippen LogP contribution in [-0.4, -0.2) is 23.6 Å². The lowest BCUT2D eigenvalue weighted by molar-refractivity contribution is 0.454. The molecule has 2 atom stereocenters. The monoisotopic (exact) mass is 245 g/mol. The Hall–Kier alpha value is 0.310. The average Bonchev–Trinajstić information content (AvgIpc) is 2.31. The fraction of sp³-hybridized carbons (Fsp3) is 1.00. The summed E-state index contributed by atoms with van der Waals surface area (Å²) in [7, 11) is 0. The Bertz CT molecular complexity index is 139. The third kappa shape index (κ3) is 7.56. The van der Waals surface area contributed by atoms with Crippen LogP contribution in [0.3, 0.4) is 0 Å². The Morgan fingerprint density at radius 2 is 1.75 bits per heavy atom. The van der Waals surface area contributed by atoms with Crippen LogP contribution in [0.4, 0.5) is 0 Å². The molecule has 2 heteroatoms. The van der Waals surface area contributed by atoms with Gasteiger partial charge in [0, 0.05) is 11.3 Å². The summed E-state index contributed by atoms with van der Waals surface area (Å²) in [6, 6.07) is 0.733. The van der Waals surface area contributed by atoms with Crippen molar-refractivity contribution in [1.29, 1.82) is 0 Å². The summed E-state index contributed by atoms with van der Waals surface area (Å²) in [5, 5.41) is 4.55. The van der Waals surface area contributed by atoms with E-state index in [1.807, 2.05) is 0 Å². The van der Waals surface area contributed by atoms with Crippen LogP contribution < -0.4 is 5.32 Å². The summed E-state index contributed by atoms with van der Waals surface area (Å²) in [6.07, 6.45) is 7.87. The largest absolute Gasteiger partial charge is 0.313 e. The van der Waals surface area contributed by atoms with Crippen LogP contribution in [0.2, 0.25) is 0 Å². The molecule has 0 saturated heterocycles. The van der Waals surface area contributed by atoms with E-state index in [1.54, 1.807) is 0 Å². The van der Waals surface area contributed by atoms with Crippen LogP contribution in [0, 0.1) is 0 Å². The summed E-state index contributed by atoms with van der Waals surface area (Å²) < 4.78 is 0. The first-order chi connectivity index (χ1) is 7.79. The van der Waals surface area contributed by atoms with Gasteiger partial charge in [-0.25, -0.2) is 0 Å². The number of hydrogen-bond donors (Lipinski definition) is 1. The fourth-order valence-corrected chi connectivity index (χ4v) is 3.42. The standard InChI is InChI=1S/C14H31NS/c1-5-9-12-16-14(8-4)13(10-6-2)15-11-7-3/h13-15H,5-12H2,1-4H3. The van der Waals surface area contributed by atoms with Gasteiger partial charge in [-0.15, -0.1) is 0 Å². The molecule has 0 aromatic heterocycles. The highest BCUT2D eigenvalue weighted by molar-refractivity contribution is 7.99. The average molecular weight is 245 g/mol. The SMILES string of the molecule is CCCCSC(CC)C(CCC)NCCC. The maximum absolute atomic E-state index is 3.73. The molecule has 0 aromatic carbocycles. The molecule has 98 valence electrons. The first kappa shape index (κ1) is 16.3. The smallest absolute Gasteiger partial charge is 0.0198 e. The van der Waals surface area contributed by atoms with Gasteiger partial charge in [0.05, 0.1) is 0 Å². The Morgan fingerprint density at radius 1 is 1.00 bits per heavy atom. The highest BCUT2D eigenvalue weighted by atomic mass is 32.2. The van der Waals surface area contributed by atoms with E-state index in [0.29, 0.717) is 0 Å². The molecule has 0 amide bonds. The molecule has 0 aromatic rings. The molecule has 2 unspecified atom stereocenters. The van der Waals surface area contributed by atoms with Gasteiger partial charge in [0.2, 0.25) is 0 Å². The van der Waals surface area contributed by atoms with Gasteiger partial charge in [-0.1, -0.05) is 40.5 Å². The van der Waals surface area contributed by atoms with E-state index in [9.17, 15) is 0 Å². The molecule has 0 rings (SSSR count). The molecule has 1 nitrogen and oxygen atoms in total. The highest BCUT2D eigenvalue weighted by Crippen LogP contribution is 2.22. The summed E-state index contributed by atoms with van der Waals surface area (Å²) in [4.78, 5) is 0. The van der Waals surface area contributed by atoms with Crippen molar-refractivity contribution in [3.05, 3.63) is 0 Å². The third-order valence-corrected chi connectivity index (χ3v) is 4.55. The molecule has 0 radical (unpaired) electrons. The molecule has 0 aliphatic heterocycles. The van der Waals surface area contributed by atoms with Gasteiger partial charge in [-0.2, -0.15) is 11.8 Å². The normalized spacial score (nSPS) is 15.0.